The van der Waals surface area contributed by atoms with Gasteiger partial charge in [-0.25, -0.2) is 0 Å². The zero-order valence-electron chi connectivity index (χ0n) is 18.1. The van der Waals surface area contributed by atoms with Gasteiger partial charge in [0.2, 0.25) is 11.8 Å². The molecule has 0 saturated carbocycles. The fourth-order valence-electron chi connectivity index (χ4n) is 3.47. The third-order valence-electron chi connectivity index (χ3n) is 5.19. The van der Waals surface area contributed by atoms with Crippen LogP contribution in [0.15, 0.2) is 72.8 Å². The molecule has 0 spiro atoms. The van der Waals surface area contributed by atoms with Crippen LogP contribution in [0.1, 0.15) is 22.3 Å². The van der Waals surface area contributed by atoms with Crippen LogP contribution in [-0.4, -0.2) is 17.9 Å². The lowest BCUT2D eigenvalue weighted by molar-refractivity contribution is -0.143. The number of alkyl halides is 6. The van der Waals surface area contributed by atoms with Crippen LogP contribution < -0.4 is 11.1 Å². The van der Waals surface area contributed by atoms with Crippen molar-refractivity contribution >= 4 is 11.8 Å². The Kier molecular flexibility index (Phi) is 7.52. The lowest BCUT2D eigenvalue weighted by atomic mass is 9.99. The van der Waals surface area contributed by atoms with Gasteiger partial charge in [0.1, 0.15) is 6.04 Å². The van der Waals surface area contributed by atoms with Crippen molar-refractivity contribution in [2.75, 3.05) is 0 Å². The third-order valence-corrected chi connectivity index (χ3v) is 5.19. The minimum Gasteiger partial charge on any atom is -0.368 e. The van der Waals surface area contributed by atoms with Gasteiger partial charge in [0.15, 0.2) is 0 Å². The van der Waals surface area contributed by atoms with Crippen molar-refractivity contribution in [3.05, 3.63) is 95.1 Å². The maximum atomic E-state index is 13.0. The number of carbonyl (C=O) groups is 2. The molecule has 0 bridgehead atoms. The number of rotatable bonds is 7. The van der Waals surface area contributed by atoms with E-state index in [2.05, 4.69) is 5.32 Å². The molecule has 0 aliphatic heterocycles. The fraction of sp³-hybridized carbons (Fsp3) is 0.200. The van der Waals surface area contributed by atoms with Gasteiger partial charge in [-0.2, -0.15) is 26.3 Å². The smallest absolute Gasteiger partial charge is 0.368 e. The van der Waals surface area contributed by atoms with Gasteiger partial charge in [-0.1, -0.05) is 54.6 Å². The van der Waals surface area contributed by atoms with Crippen LogP contribution in [0.3, 0.4) is 0 Å². The van der Waals surface area contributed by atoms with E-state index in [1.165, 1.54) is 0 Å². The van der Waals surface area contributed by atoms with Gasteiger partial charge in [0, 0.05) is 6.42 Å². The average Bonchev–Trinajstić information content (AvgIpc) is 2.78. The molecule has 0 saturated heterocycles. The summed E-state index contributed by atoms with van der Waals surface area (Å²) in [6.07, 6.45) is -10.9. The Hall–Kier alpha value is -3.82. The monoisotopic (exact) mass is 494 g/mol. The molecule has 2 amide bonds. The minimum absolute atomic E-state index is 0.00741. The van der Waals surface area contributed by atoms with Gasteiger partial charge in [-0.05, 0) is 40.5 Å². The molecule has 0 aromatic heterocycles. The van der Waals surface area contributed by atoms with Crippen LogP contribution in [0.4, 0.5) is 26.3 Å². The predicted octanol–water partition coefficient (Wildman–Crippen LogP) is 5.15. The molecule has 0 aliphatic carbocycles. The predicted molar refractivity (Wildman–Crippen MR) is 117 cm³/mol. The van der Waals surface area contributed by atoms with E-state index in [-0.39, 0.29) is 12.5 Å². The number of nitrogens with two attached hydrogens (primary N) is 1. The normalized spacial score (nSPS) is 12.7. The van der Waals surface area contributed by atoms with Crippen molar-refractivity contribution in [3.63, 3.8) is 0 Å². The summed E-state index contributed by atoms with van der Waals surface area (Å²) in [5.41, 5.74) is 4.33. The van der Waals surface area contributed by atoms with Crippen LogP contribution in [-0.2, 0) is 34.8 Å². The van der Waals surface area contributed by atoms with Crippen molar-refractivity contribution < 1.29 is 35.9 Å². The Balaban J connectivity index is 1.73. The molecule has 0 heterocycles. The Morgan fingerprint density at radius 1 is 0.743 bits per heavy atom. The molecule has 3 aromatic rings. The van der Waals surface area contributed by atoms with Crippen LogP contribution in [0.5, 0.6) is 0 Å². The second kappa shape index (κ2) is 10.2. The maximum Gasteiger partial charge on any atom is 0.416 e. The molecule has 0 fully saturated rings. The lowest BCUT2D eigenvalue weighted by Crippen LogP contribution is -2.46. The minimum atomic E-state index is -5.03. The van der Waals surface area contributed by atoms with Crippen molar-refractivity contribution in [2.24, 2.45) is 5.73 Å². The van der Waals surface area contributed by atoms with E-state index in [9.17, 15) is 35.9 Å². The Morgan fingerprint density at radius 3 is 1.74 bits per heavy atom. The molecule has 3 rings (SSSR count). The van der Waals surface area contributed by atoms with E-state index in [0.29, 0.717) is 17.7 Å². The first-order valence-corrected chi connectivity index (χ1v) is 10.3. The molecule has 1 atom stereocenters. The summed E-state index contributed by atoms with van der Waals surface area (Å²) in [5, 5.41) is 2.30. The molecule has 3 aromatic carbocycles. The van der Waals surface area contributed by atoms with Gasteiger partial charge < -0.3 is 11.1 Å². The maximum absolute atomic E-state index is 13.0. The zero-order chi connectivity index (χ0) is 25.8. The molecular formula is C25H20F6N2O2. The van der Waals surface area contributed by atoms with Gasteiger partial charge in [0.25, 0.3) is 0 Å². The van der Waals surface area contributed by atoms with E-state index in [1.54, 1.807) is 12.1 Å². The summed E-state index contributed by atoms with van der Waals surface area (Å²) in [4.78, 5) is 24.3. The Morgan fingerprint density at radius 2 is 1.26 bits per heavy atom. The van der Waals surface area contributed by atoms with Crippen molar-refractivity contribution in [1.82, 2.24) is 5.32 Å². The quantitative estimate of drug-likeness (QED) is 0.446. The molecule has 10 heteroatoms. The highest BCUT2D eigenvalue weighted by Crippen LogP contribution is 2.36. The first-order valence-electron chi connectivity index (χ1n) is 10.3. The van der Waals surface area contributed by atoms with Crippen LogP contribution in [0, 0.1) is 0 Å². The van der Waals surface area contributed by atoms with E-state index in [1.807, 2.05) is 42.5 Å². The summed E-state index contributed by atoms with van der Waals surface area (Å²) in [5.74, 6) is -1.84. The largest absolute Gasteiger partial charge is 0.416 e. The third kappa shape index (κ3) is 7.08. The number of primary amides is 1. The van der Waals surface area contributed by atoms with Crippen LogP contribution in [0.2, 0.25) is 0 Å². The van der Waals surface area contributed by atoms with Gasteiger partial charge >= 0.3 is 12.4 Å². The summed E-state index contributed by atoms with van der Waals surface area (Å²) < 4.78 is 78.2. The summed E-state index contributed by atoms with van der Waals surface area (Å²) >= 11 is 0. The van der Waals surface area contributed by atoms with E-state index < -0.39 is 53.3 Å². The molecule has 4 nitrogen and oxygen atoms in total. The van der Waals surface area contributed by atoms with E-state index in [0.717, 1.165) is 11.1 Å². The van der Waals surface area contributed by atoms with Crippen molar-refractivity contribution in [2.45, 2.75) is 31.2 Å². The second-order valence-corrected chi connectivity index (χ2v) is 7.88. The summed E-state index contributed by atoms with van der Waals surface area (Å²) in [6.45, 7) is 0. The molecule has 3 N–H and O–H groups in total. The SMILES string of the molecule is NC(=O)[C@@H](Cc1ccc(-c2ccccc2)cc1)NC(=O)Cc1cc(C(F)(F)F)cc(C(F)(F)F)c1. The van der Waals surface area contributed by atoms with Crippen molar-refractivity contribution in [3.8, 4) is 11.1 Å². The first-order chi connectivity index (χ1) is 16.3. The molecule has 0 unspecified atom stereocenters. The molecule has 35 heavy (non-hydrogen) atoms. The second-order valence-electron chi connectivity index (χ2n) is 7.88. The number of benzene rings is 3. The van der Waals surface area contributed by atoms with Gasteiger partial charge in [-0.3, -0.25) is 9.59 Å². The highest BCUT2D eigenvalue weighted by molar-refractivity contribution is 5.87. The number of hydrogen-bond donors (Lipinski definition) is 2. The fourth-order valence-corrected chi connectivity index (χ4v) is 3.47. The summed E-state index contributed by atoms with van der Waals surface area (Å²) in [6, 6.07) is 16.3. The highest BCUT2D eigenvalue weighted by Gasteiger charge is 2.37. The van der Waals surface area contributed by atoms with Crippen LogP contribution >= 0.6 is 0 Å². The standard InChI is InChI=1S/C25H20F6N2O2/c26-24(27,28)19-10-16(11-20(14-19)25(29,30)31)13-22(34)33-21(23(32)35)12-15-6-8-18(9-7-15)17-4-2-1-3-5-17/h1-11,14,21H,12-13H2,(H2,32,35)(H,33,34)/t21-/m1/s1. The molecule has 0 aliphatic rings. The lowest BCUT2D eigenvalue weighted by Gasteiger charge is -2.17. The number of nitrogens with one attached hydrogen (secondary N) is 1. The molecule has 0 radical (unpaired) electrons. The Bertz CT molecular complexity index is 1160. The zero-order valence-corrected chi connectivity index (χ0v) is 18.1. The van der Waals surface area contributed by atoms with Crippen molar-refractivity contribution in [1.29, 1.82) is 0 Å². The van der Waals surface area contributed by atoms with Gasteiger partial charge in [-0.15, -0.1) is 0 Å². The van der Waals surface area contributed by atoms with E-state index in [4.69, 9.17) is 5.73 Å². The number of halogens is 6. The molecule has 184 valence electrons. The van der Waals surface area contributed by atoms with Gasteiger partial charge in [0.05, 0.1) is 17.5 Å². The molecular weight excluding hydrogens is 474 g/mol. The Labute approximate surface area is 196 Å². The highest BCUT2D eigenvalue weighted by atomic mass is 19.4. The number of amides is 2. The van der Waals surface area contributed by atoms with Crippen LogP contribution in [0.25, 0.3) is 11.1 Å². The topological polar surface area (TPSA) is 72.2 Å². The first kappa shape index (κ1) is 25.8. The average molecular weight is 494 g/mol. The number of hydrogen-bond acceptors (Lipinski definition) is 2. The number of carbonyl (C=O) groups excluding carboxylic acids is 2. The summed E-state index contributed by atoms with van der Waals surface area (Å²) in [7, 11) is 0. The van der Waals surface area contributed by atoms with E-state index >= 15 is 0 Å².